The molecule has 0 amide bonds. The van der Waals surface area contributed by atoms with E-state index in [0.29, 0.717) is 16.7 Å². The Kier molecular flexibility index (Phi) is 6.29. The summed E-state index contributed by atoms with van der Waals surface area (Å²) in [5.41, 5.74) is 0. The third-order valence-corrected chi connectivity index (χ3v) is 5.85. The van der Waals surface area contributed by atoms with Gasteiger partial charge in [-0.2, -0.15) is 0 Å². The van der Waals surface area contributed by atoms with Gasteiger partial charge >= 0.3 is 0 Å². The van der Waals surface area contributed by atoms with E-state index < -0.39 is 0 Å². The first-order valence-corrected chi connectivity index (χ1v) is 9.53. The first kappa shape index (κ1) is 18.2. The predicted molar refractivity (Wildman–Crippen MR) is 105 cm³/mol. The molecule has 0 fully saturated rings. The van der Waals surface area contributed by atoms with Crippen LogP contribution in [-0.2, 0) is 6.54 Å². The summed E-state index contributed by atoms with van der Waals surface area (Å²) in [6.07, 6.45) is 3.78. The molecule has 0 aliphatic carbocycles. The molecule has 1 atom stereocenters. The van der Waals surface area contributed by atoms with Crippen LogP contribution in [0.4, 0.5) is 0 Å². The lowest BCUT2D eigenvalue weighted by molar-refractivity contribution is 0.307. The largest absolute Gasteiger partial charge is 0.492 e. The molecule has 0 saturated carbocycles. The van der Waals surface area contributed by atoms with Gasteiger partial charge in [-0.3, -0.25) is 0 Å². The maximum Gasteiger partial charge on any atom is 0.119 e. The minimum Gasteiger partial charge on any atom is -0.492 e. The Morgan fingerprint density at radius 1 is 1.08 bits per heavy atom. The standard InChI is InChI=1S/C19H18Cl2N2OS/c1-14-22-10-11-23(14)12-16(13-24-15-6-3-2-4-7-15)25-19-17(20)8-5-9-18(19)21/h2-11,16H,12-13H2,1H3. The van der Waals surface area contributed by atoms with Crippen LogP contribution in [0, 0.1) is 6.92 Å². The number of nitrogens with zero attached hydrogens (tertiary/aromatic N) is 2. The minimum atomic E-state index is 0.130. The van der Waals surface area contributed by atoms with Crippen molar-refractivity contribution in [1.82, 2.24) is 9.55 Å². The van der Waals surface area contributed by atoms with Gasteiger partial charge in [0.15, 0.2) is 0 Å². The molecule has 1 aromatic heterocycles. The Labute approximate surface area is 161 Å². The third-order valence-electron chi connectivity index (χ3n) is 3.71. The zero-order chi connectivity index (χ0) is 17.6. The monoisotopic (exact) mass is 392 g/mol. The van der Waals surface area contributed by atoms with E-state index in [4.69, 9.17) is 27.9 Å². The van der Waals surface area contributed by atoms with Gasteiger partial charge in [0.05, 0.1) is 15.3 Å². The lowest BCUT2D eigenvalue weighted by Gasteiger charge is -2.20. The Morgan fingerprint density at radius 2 is 1.80 bits per heavy atom. The fourth-order valence-electron chi connectivity index (χ4n) is 2.41. The summed E-state index contributed by atoms with van der Waals surface area (Å²) in [5, 5.41) is 1.44. The molecule has 0 N–H and O–H groups in total. The van der Waals surface area contributed by atoms with E-state index in [1.165, 1.54) is 0 Å². The van der Waals surface area contributed by atoms with Crippen LogP contribution in [0.25, 0.3) is 0 Å². The van der Waals surface area contributed by atoms with Gasteiger partial charge in [0, 0.05) is 23.8 Å². The molecule has 3 rings (SSSR count). The van der Waals surface area contributed by atoms with Crippen LogP contribution in [-0.4, -0.2) is 21.4 Å². The Hall–Kier alpha value is -1.62. The Morgan fingerprint density at radius 3 is 2.44 bits per heavy atom. The number of aryl methyl sites for hydroxylation is 1. The minimum absolute atomic E-state index is 0.130. The number of aromatic nitrogens is 2. The van der Waals surface area contributed by atoms with Crippen molar-refractivity contribution in [2.45, 2.75) is 23.6 Å². The van der Waals surface area contributed by atoms with Crippen molar-refractivity contribution in [3.05, 3.63) is 76.8 Å². The maximum absolute atomic E-state index is 6.34. The average molecular weight is 393 g/mol. The van der Waals surface area contributed by atoms with Gasteiger partial charge in [-0.05, 0) is 31.2 Å². The highest BCUT2D eigenvalue weighted by Gasteiger charge is 2.17. The average Bonchev–Trinajstić information content (AvgIpc) is 3.01. The van der Waals surface area contributed by atoms with Gasteiger partial charge in [-0.1, -0.05) is 47.5 Å². The number of thioether (sulfide) groups is 1. The quantitative estimate of drug-likeness (QED) is 0.479. The second kappa shape index (κ2) is 8.65. The van der Waals surface area contributed by atoms with E-state index in [0.717, 1.165) is 23.0 Å². The molecule has 1 heterocycles. The third kappa shape index (κ3) is 4.94. The molecule has 0 saturated heterocycles. The normalized spacial score (nSPS) is 12.1. The first-order valence-electron chi connectivity index (χ1n) is 7.89. The van der Waals surface area contributed by atoms with Crippen molar-refractivity contribution >= 4 is 35.0 Å². The van der Waals surface area contributed by atoms with E-state index in [1.807, 2.05) is 61.7 Å². The second-order valence-corrected chi connectivity index (χ2v) is 7.67. The SMILES string of the molecule is Cc1nccn1CC(COc1ccccc1)Sc1c(Cl)cccc1Cl. The first-order chi connectivity index (χ1) is 12.1. The number of hydrogen-bond donors (Lipinski definition) is 0. The zero-order valence-electron chi connectivity index (χ0n) is 13.7. The molecule has 3 aromatic rings. The number of ether oxygens (including phenoxy) is 1. The molecule has 0 aliphatic rings. The van der Waals surface area contributed by atoms with Crippen molar-refractivity contribution in [2.24, 2.45) is 0 Å². The van der Waals surface area contributed by atoms with Crippen molar-refractivity contribution in [2.75, 3.05) is 6.61 Å². The van der Waals surface area contributed by atoms with Gasteiger partial charge in [-0.15, -0.1) is 11.8 Å². The number of imidazole rings is 1. The van der Waals surface area contributed by atoms with Crippen LogP contribution >= 0.6 is 35.0 Å². The summed E-state index contributed by atoms with van der Waals surface area (Å²) >= 11 is 14.3. The number of benzene rings is 2. The lowest BCUT2D eigenvalue weighted by Crippen LogP contribution is -2.21. The van der Waals surface area contributed by atoms with Crippen molar-refractivity contribution in [3.63, 3.8) is 0 Å². The number of para-hydroxylation sites is 1. The molecule has 6 heteroatoms. The second-order valence-electron chi connectivity index (χ2n) is 5.54. The van der Waals surface area contributed by atoms with Crippen LogP contribution in [0.15, 0.2) is 65.8 Å². The highest BCUT2D eigenvalue weighted by atomic mass is 35.5. The molecule has 0 bridgehead atoms. The topological polar surface area (TPSA) is 27.1 Å². The van der Waals surface area contributed by atoms with Crippen molar-refractivity contribution < 1.29 is 4.74 Å². The van der Waals surface area contributed by atoms with Crippen molar-refractivity contribution in [3.8, 4) is 5.75 Å². The van der Waals surface area contributed by atoms with Crippen molar-refractivity contribution in [1.29, 1.82) is 0 Å². The van der Waals surface area contributed by atoms with E-state index in [9.17, 15) is 0 Å². The van der Waals surface area contributed by atoms with Crippen LogP contribution < -0.4 is 4.74 Å². The van der Waals surface area contributed by atoms with E-state index in [-0.39, 0.29) is 5.25 Å². The highest BCUT2D eigenvalue weighted by molar-refractivity contribution is 8.00. The number of hydrogen-bond acceptors (Lipinski definition) is 3. The van der Waals surface area contributed by atoms with Gasteiger partial charge < -0.3 is 9.30 Å². The fourth-order valence-corrected chi connectivity index (χ4v) is 4.14. The molecule has 3 nitrogen and oxygen atoms in total. The lowest BCUT2D eigenvalue weighted by atomic mass is 10.3. The molecular formula is C19H18Cl2N2OS. The molecular weight excluding hydrogens is 375 g/mol. The number of rotatable bonds is 7. The molecule has 25 heavy (non-hydrogen) atoms. The van der Waals surface area contributed by atoms with Crippen LogP contribution in [0.3, 0.4) is 0 Å². The van der Waals surface area contributed by atoms with Gasteiger partial charge in [0.2, 0.25) is 0 Å². The summed E-state index contributed by atoms with van der Waals surface area (Å²) in [7, 11) is 0. The van der Waals surface area contributed by atoms with E-state index in [1.54, 1.807) is 18.0 Å². The zero-order valence-corrected chi connectivity index (χ0v) is 16.1. The Balaban J connectivity index is 1.77. The molecule has 0 spiro atoms. The summed E-state index contributed by atoms with van der Waals surface area (Å²) in [5.74, 6) is 1.82. The summed E-state index contributed by atoms with van der Waals surface area (Å²) in [6.45, 7) is 3.28. The maximum atomic E-state index is 6.34. The number of halogens is 2. The molecule has 2 aromatic carbocycles. The molecule has 0 aliphatic heterocycles. The molecule has 1 unspecified atom stereocenters. The van der Waals surface area contributed by atoms with Gasteiger partial charge in [0.1, 0.15) is 18.2 Å². The summed E-state index contributed by atoms with van der Waals surface area (Å²) in [6, 6.07) is 15.4. The van der Waals surface area contributed by atoms with Crippen LogP contribution in [0.1, 0.15) is 5.82 Å². The smallest absolute Gasteiger partial charge is 0.119 e. The van der Waals surface area contributed by atoms with E-state index >= 15 is 0 Å². The molecule has 0 radical (unpaired) electrons. The van der Waals surface area contributed by atoms with Crippen LogP contribution in [0.2, 0.25) is 10.0 Å². The Bertz CT molecular complexity index is 803. The molecule has 130 valence electrons. The van der Waals surface area contributed by atoms with Crippen LogP contribution in [0.5, 0.6) is 5.75 Å². The highest BCUT2D eigenvalue weighted by Crippen LogP contribution is 2.37. The van der Waals surface area contributed by atoms with Gasteiger partial charge in [0.25, 0.3) is 0 Å². The fraction of sp³-hybridized carbons (Fsp3) is 0.211. The summed E-state index contributed by atoms with van der Waals surface area (Å²) in [4.78, 5) is 5.17. The van der Waals surface area contributed by atoms with Gasteiger partial charge in [-0.25, -0.2) is 4.98 Å². The summed E-state index contributed by atoms with van der Waals surface area (Å²) < 4.78 is 8.08. The predicted octanol–water partition coefficient (Wildman–Crippen LogP) is 5.74. The van der Waals surface area contributed by atoms with E-state index in [2.05, 4.69) is 9.55 Å².